The Morgan fingerprint density at radius 3 is 2.45 bits per heavy atom. The lowest BCUT2D eigenvalue weighted by molar-refractivity contribution is -0.145. The number of carbonyl (C=O) groups is 2. The summed E-state index contributed by atoms with van der Waals surface area (Å²) in [6.07, 6.45) is 2.71. The van der Waals surface area contributed by atoms with Crippen LogP contribution in [0.2, 0.25) is 0 Å². The minimum absolute atomic E-state index is 0.0165. The lowest BCUT2D eigenvalue weighted by Crippen LogP contribution is -2.38. The van der Waals surface area contributed by atoms with Crippen LogP contribution in [0.15, 0.2) is 28.7 Å². The number of carboxylic acid groups (broad SMARTS) is 1. The Morgan fingerprint density at radius 1 is 1.25 bits per heavy atom. The summed E-state index contributed by atoms with van der Waals surface area (Å²) in [4.78, 5) is 24.9. The second-order valence-corrected chi connectivity index (χ2v) is 6.51. The Bertz CT molecular complexity index is 539. The zero-order valence-electron chi connectivity index (χ0n) is 11.0. The molecule has 2 aliphatic rings. The fraction of sp³-hybridized carbons (Fsp3) is 0.467. The molecule has 1 aromatic carbocycles. The highest BCUT2D eigenvalue weighted by atomic mass is 79.9. The largest absolute Gasteiger partial charge is 0.480 e. The second-order valence-electron chi connectivity index (χ2n) is 5.59. The van der Waals surface area contributed by atoms with Gasteiger partial charge in [-0.25, -0.2) is 0 Å². The third-order valence-electron chi connectivity index (χ3n) is 3.98. The van der Waals surface area contributed by atoms with Crippen molar-refractivity contribution in [2.75, 3.05) is 6.54 Å². The lowest BCUT2D eigenvalue weighted by Gasteiger charge is -2.20. The van der Waals surface area contributed by atoms with E-state index in [1.165, 1.54) is 0 Å². The van der Waals surface area contributed by atoms with Crippen molar-refractivity contribution in [3.05, 3.63) is 34.3 Å². The smallest absolute Gasteiger partial charge is 0.323 e. The average Bonchev–Trinajstić information content (AvgIpc) is 3.26. The molecule has 0 aromatic heterocycles. The predicted molar refractivity (Wildman–Crippen MR) is 77.4 cm³/mol. The zero-order chi connectivity index (χ0) is 14.3. The molecule has 1 amide bonds. The van der Waals surface area contributed by atoms with Gasteiger partial charge in [0.15, 0.2) is 0 Å². The minimum Gasteiger partial charge on any atom is -0.480 e. The van der Waals surface area contributed by atoms with Gasteiger partial charge in [-0.05, 0) is 42.9 Å². The third kappa shape index (κ3) is 2.87. The van der Waals surface area contributed by atoms with Gasteiger partial charge in [0, 0.05) is 16.4 Å². The first-order chi connectivity index (χ1) is 9.56. The average molecular weight is 338 g/mol. The highest BCUT2D eigenvalue weighted by molar-refractivity contribution is 9.10. The number of rotatable bonds is 5. The van der Waals surface area contributed by atoms with Crippen molar-refractivity contribution in [1.82, 2.24) is 4.90 Å². The molecule has 1 N–H and O–H groups in total. The van der Waals surface area contributed by atoms with E-state index in [1.54, 1.807) is 4.90 Å². The molecule has 4 nitrogen and oxygen atoms in total. The van der Waals surface area contributed by atoms with Crippen LogP contribution in [-0.4, -0.2) is 34.5 Å². The summed E-state index contributed by atoms with van der Waals surface area (Å²) in [7, 11) is 0. The molecular weight excluding hydrogens is 322 g/mol. The van der Waals surface area contributed by atoms with Gasteiger partial charge in [-0.1, -0.05) is 28.1 Å². The predicted octanol–water partition coefficient (Wildman–Crippen LogP) is 2.63. The monoisotopic (exact) mass is 337 g/mol. The van der Waals surface area contributed by atoms with Crippen molar-refractivity contribution < 1.29 is 14.7 Å². The topological polar surface area (TPSA) is 57.6 Å². The number of aliphatic carboxylic acids is 1. The highest BCUT2D eigenvalue weighted by Gasteiger charge is 2.48. The standard InChI is InChI=1S/C15H16BrNO3/c16-10-3-1-9(2-4-10)12-7-13(12)15(20)17(8-14(18)19)11-5-6-11/h1-4,11-13H,5-8H2,(H,18,19). The number of hydrogen-bond acceptors (Lipinski definition) is 2. The van der Waals surface area contributed by atoms with Crippen molar-refractivity contribution in [3.8, 4) is 0 Å². The summed E-state index contributed by atoms with van der Waals surface area (Å²) in [6.45, 7) is -0.160. The Morgan fingerprint density at radius 2 is 1.90 bits per heavy atom. The van der Waals surface area contributed by atoms with Gasteiger partial charge in [-0.3, -0.25) is 9.59 Å². The van der Waals surface area contributed by atoms with Crippen molar-refractivity contribution in [3.63, 3.8) is 0 Å². The molecule has 0 bridgehead atoms. The highest BCUT2D eigenvalue weighted by Crippen LogP contribution is 2.49. The SMILES string of the molecule is O=C(O)CN(C(=O)C1CC1c1ccc(Br)cc1)C1CC1. The van der Waals surface area contributed by atoms with Gasteiger partial charge in [0.05, 0.1) is 0 Å². The summed E-state index contributed by atoms with van der Waals surface area (Å²) in [5.41, 5.74) is 1.16. The van der Waals surface area contributed by atoms with Gasteiger partial charge in [-0.15, -0.1) is 0 Å². The van der Waals surface area contributed by atoms with Gasteiger partial charge in [-0.2, -0.15) is 0 Å². The molecule has 2 fully saturated rings. The van der Waals surface area contributed by atoms with E-state index in [0.717, 1.165) is 29.3 Å². The van der Waals surface area contributed by atoms with Gasteiger partial charge in [0.2, 0.25) is 5.91 Å². The van der Waals surface area contributed by atoms with Crippen molar-refractivity contribution in [2.45, 2.75) is 31.2 Å². The number of benzene rings is 1. The van der Waals surface area contributed by atoms with Crippen molar-refractivity contribution in [1.29, 1.82) is 0 Å². The normalized spacial score (nSPS) is 24.2. The van der Waals surface area contributed by atoms with E-state index in [4.69, 9.17) is 5.11 Å². The molecule has 0 heterocycles. The van der Waals surface area contributed by atoms with E-state index in [0.29, 0.717) is 0 Å². The fourth-order valence-electron chi connectivity index (χ4n) is 2.68. The van der Waals surface area contributed by atoms with E-state index < -0.39 is 5.97 Å². The molecule has 2 aliphatic carbocycles. The maximum atomic E-state index is 12.4. The Balaban J connectivity index is 1.66. The molecular formula is C15H16BrNO3. The van der Waals surface area contributed by atoms with Gasteiger partial charge in [0.25, 0.3) is 0 Å². The third-order valence-corrected chi connectivity index (χ3v) is 4.51. The lowest BCUT2D eigenvalue weighted by atomic mass is 10.1. The van der Waals surface area contributed by atoms with E-state index in [1.807, 2.05) is 24.3 Å². The molecule has 0 radical (unpaired) electrons. The van der Waals surface area contributed by atoms with Crippen LogP contribution in [0, 0.1) is 5.92 Å². The van der Waals surface area contributed by atoms with E-state index in [-0.39, 0.29) is 30.3 Å². The summed E-state index contributed by atoms with van der Waals surface area (Å²) >= 11 is 3.40. The summed E-state index contributed by atoms with van der Waals surface area (Å²) in [5, 5.41) is 8.93. The summed E-state index contributed by atoms with van der Waals surface area (Å²) < 4.78 is 1.02. The van der Waals surface area contributed by atoms with Gasteiger partial charge >= 0.3 is 5.97 Å². The van der Waals surface area contributed by atoms with E-state index in [2.05, 4.69) is 15.9 Å². The zero-order valence-corrected chi connectivity index (χ0v) is 12.5. The molecule has 20 heavy (non-hydrogen) atoms. The van der Waals surface area contributed by atoms with Crippen molar-refractivity contribution >= 4 is 27.8 Å². The Hall–Kier alpha value is -1.36. The first-order valence-corrected chi connectivity index (χ1v) is 7.63. The van der Waals surface area contributed by atoms with Crippen LogP contribution in [-0.2, 0) is 9.59 Å². The molecule has 1 aromatic rings. The molecule has 2 atom stereocenters. The molecule has 0 saturated heterocycles. The first kappa shape index (κ1) is 13.6. The minimum atomic E-state index is -0.925. The van der Waals surface area contributed by atoms with Gasteiger partial charge in [0.1, 0.15) is 6.54 Å². The number of carboxylic acids is 1. The quantitative estimate of drug-likeness (QED) is 0.898. The number of amides is 1. The maximum absolute atomic E-state index is 12.4. The molecule has 106 valence electrons. The fourth-order valence-corrected chi connectivity index (χ4v) is 2.94. The molecule has 2 unspecified atom stereocenters. The molecule has 3 rings (SSSR count). The van der Waals surface area contributed by atoms with Crippen molar-refractivity contribution in [2.24, 2.45) is 5.92 Å². The molecule has 2 saturated carbocycles. The molecule has 0 aliphatic heterocycles. The van der Waals surface area contributed by atoms with Crippen LogP contribution < -0.4 is 0 Å². The Kier molecular flexibility index (Phi) is 3.54. The van der Waals surface area contributed by atoms with Crippen LogP contribution in [0.1, 0.15) is 30.7 Å². The summed E-state index contributed by atoms with van der Waals surface area (Å²) in [6, 6.07) is 8.17. The van der Waals surface area contributed by atoms with Crippen LogP contribution in [0.5, 0.6) is 0 Å². The number of nitrogens with zero attached hydrogens (tertiary/aromatic N) is 1. The summed E-state index contributed by atoms with van der Waals surface area (Å²) in [5.74, 6) is -0.685. The van der Waals surface area contributed by atoms with Crippen LogP contribution in [0.25, 0.3) is 0 Å². The van der Waals surface area contributed by atoms with E-state index >= 15 is 0 Å². The first-order valence-electron chi connectivity index (χ1n) is 6.84. The van der Waals surface area contributed by atoms with Crippen LogP contribution in [0.4, 0.5) is 0 Å². The second kappa shape index (κ2) is 5.20. The van der Waals surface area contributed by atoms with Crippen LogP contribution in [0.3, 0.4) is 0 Å². The number of hydrogen-bond donors (Lipinski definition) is 1. The van der Waals surface area contributed by atoms with E-state index in [9.17, 15) is 9.59 Å². The van der Waals surface area contributed by atoms with Crippen LogP contribution >= 0.6 is 15.9 Å². The molecule has 0 spiro atoms. The number of carbonyl (C=O) groups excluding carboxylic acids is 1. The molecule has 5 heteroatoms. The Labute approximate surface area is 125 Å². The van der Waals surface area contributed by atoms with Gasteiger partial charge < -0.3 is 10.0 Å². The number of halogens is 1. The maximum Gasteiger partial charge on any atom is 0.323 e.